The molecule has 0 aliphatic heterocycles. The van der Waals surface area contributed by atoms with E-state index in [0.717, 1.165) is 70.6 Å². The second kappa shape index (κ2) is 13.1. The first-order chi connectivity index (χ1) is 28.7. The van der Waals surface area contributed by atoms with Crippen molar-refractivity contribution in [2.45, 2.75) is 25.7 Å². The molecule has 5 aromatic carbocycles. The van der Waals surface area contributed by atoms with Crippen LogP contribution in [0.1, 0.15) is 34.5 Å². The quantitative estimate of drug-likeness (QED) is 0.191. The molecular weight excluding hydrogens is 707 g/mol. The van der Waals surface area contributed by atoms with E-state index in [-0.39, 0.29) is 0 Å². The van der Waals surface area contributed by atoms with Gasteiger partial charge < -0.3 is 4.98 Å². The first kappa shape index (κ1) is 32.8. The van der Waals surface area contributed by atoms with Crippen molar-refractivity contribution in [1.82, 2.24) is 24.5 Å². The van der Waals surface area contributed by atoms with Crippen LogP contribution >= 0.6 is 0 Å². The SMILES string of the molecule is C1=C(c2ccc(-c3ccccc3)cn2)CCc2[nH]c3cc4c(cc3c21)CCc1cc2c3cc(-c5ccc(-c6ccccc6)cn5)ccc3n(-c3ccccn3)c2cc1-4. The average molecular weight is 744 g/mol. The average Bonchev–Trinajstić information content (AvgIpc) is 3.82. The van der Waals surface area contributed by atoms with E-state index in [1.165, 1.54) is 71.9 Å². The summed E-state index contributed by atoms with van der Waals surface area (Å²) < 4.78 is 2.33. The number of benzene rings is 5. The number of pyridine rings is 3. The molecule has 0 bridgehead atoms. The molecule has 12 rings (SSSR count). The molecule has 5 aromatic heterocycles. The molecule has 0 saturated carbocycles. The van der Waals surface area contributed by atoms with E-state index in [2.05, 4.69) is 149 Å². The van der Waals surface area contributed by atoms with Gasteiger partial charge in [-0.05, 0) is 131 Å². The number of hydrogen-bond acceptors (Lipinski definition) is 3. The van der Waals surface area contributed by atoms with Gasteiger partial charge in [-0.3, -0.25) is 14.5 Å². The van der Waals surface area contributed by atoms with Gasteiger partial charge in [-0.2, -0.15) is 0 Å². The lowest BCUT2D eigenvalue weighted by Gasteiger charge is -2.21. The normalized spacial score (nSPS) is 13.3. The first-order valence-corrected chi connectivity index (χ1v) is 20.2. The number of H-pyrrole nitrogens is 1. The zero-order valence-corrected chi connectivity index (χ0v) is 31.8. The van der Waals surface area contributed by atoms with Crippen molar-refractivity contribution < 1.29 is 0 Å². The van der Waals surface area contributed by atoms with Crippen LogP contribution in [-0.4, -0.2) is 24.5 Å². The number of aromatic amines is 1. The van der Waals surface area contributed by atoms with Gasteiger partial charge in [0.1, 0.15) is 5.82 Å². The Morgan fingerprint density at radius 2 is 1.12 bits per heavy atom. The molecule has 2 aliphatic carbocycles. The third kappa shape index (κ3) is 5.35. The lowest BCUT2D eigenvalue weighted by atomic mass is 9.83. The van der Waals surface area contributed by atoms with Crippen LogP contribution in [0.3, 0.4) is 0 Å². The van der Waals surface area contributed by atoms with Crippen molar-refractivity contribution in [3.8, 4) is 50.5 Å². The van der Waals surface area contributed by atoms with Crippen molar-refractivity contribution in [2.24, 2.45) is 0 Å². The molecule has 0 unspecified atom stereocenters. The minimum Gasteiger partial charge on any atom is -0.358 e. The maximum Gasteiger partial charge on any atom is 0.137 e. The van der Waals surface area contributed by atoms with Gasteiger partial charge in [-0.15, -0.1) is 0 Å². The summed E-state index contributed by atoms with van der Waals surface area (Å²) in [5.74, 6) is 0.913. The molecule has 10 aromatic rings. The van der Waals surface area contributed by atoms with E-state index in [1.807, 2.05) is 30.7 Å². The topological polar surface area (TPSA) is 59.4 Å². The maximum atomic E-state index is 4.93. The minimum absolute atomic E-state index is 0.913. The van der Waals surface area contributed by atoms with Gasteiger partial charge in [-0.1, -0.05) is 84.9 Å². The van der Waals surface area contributed by atoms with Crippen LogP contribution in [0.25, 0.3) is 94.8 Å². The van der Waals surface area contributed by atoms with E-state index < -0.39 is 0 Å². The summed E-state index contributed by atoms with van der Waals surface area (Å²) in [6, 6.07) is 52.2. The number of hydrogen-bond donors (Lipinski definition) is 1. The lowest BCUT2D eigenvalue weighted by Crippen LogP contribution is -2.05. The number of nitrogens with zero attached hydrogens (tertiary/aromatic N) is 4. The number of aromatic nitrogens is 5. The predicted molar refractivity (Wildman–Crippen MR) is 238 cm³/mol. The largest absolute Gasteiger partial charge is 0.358 e. The molecule has 1 N–H and O–H groups in total. The second-order valence-corrected chi connectivity index (χ2v) is 15.6. The van der Waals surface area contributed by atoms with Crippen LogP contribution in [-0.2, 0) is 19.3 Å². The van der Waals surface area contributed by atoms with E-state index in [1.54, 1.807) is 0 Å². The Labute approximate surface area is 336 Å². The van der Waals surface area contributed by atoms with Gasteiger partial charge in [0.2, 0.25) is 0 Å². The molecule has 0 atom stereocenters. The van der Waals surface area contributed by atoms with E-state index in [4.69, 9.17) is 15.0 Å². The highest BCUT2D eigenvalue weighted by atomic mass is 15.1. The molecule has 0 fully saturated rings. The monoisotopic (exact) mass is 743 g/mol. The molecular formula is C53H37N5. The summed E-state index contributed by atoms with van der Waals surface area (Å²) in [5, 5.41) is 3.75. The second-order valence-electron chi connectivity index (χ2n) is 15.6. The predicted octanol–water partition coefficient (Wildman–Crippen LogP) is 12.7. The molecule has 5 heterocycles. The number of fused-ring (bicyclic) bond motifs is 9. The smallest absolute Gasteiger partial charge is 0.137 e. The van der Waals surface area contributed by atoms with Crippen molar-refractivity contribution >= 4 is 44.4 Å². The Morgan fingerprint density at radius 1 is 0.466 bits per heavy atom. The molecule has 5 nitrogen and oxygen atoms in total. The van der Waals surface area contributed by atoms with Gasteiger partial charge in [-0.25, -0.2) is 4.98 Å². The van der Waals surface area contributed by atoms with Crippen LogP contribution < -0.4 is 0 Å². The maximum absolute atomic E-state index is 4.93. The highest BCUT2D eigenvalue weighted by Gasteiger charge is 2.25. The van der Waals surface area contributed by atoms with Crippen molar-refractivity contribution in [1.29, 1.82) is 0 Å². The Balaban J connectivity index is 0.952. The fourth-order valence-electron chi connectivity index (χ4n) is 9.37. The Morgan fingerprint density at radius 3 is 1.81 bits per heavy atom. The number of aryl methyl sites for hydroxylation is 3. The van der Waals surface area contributed by atoms with E-state index >= 15 is 0 Å². The number of allylic oxidation sites excluding steroid dienone is 1. The fraction of sp³-hybridized carbons (Fsp3) is 0.0755. The van der Waals surface area contributed by atoms with Crippen molar-refractivity contribution in [3.63, 3.8) is 0 Å². The summed E-state index contributed by atoms with van der Waals surface area (Å²) in [6.45, 7) is 0. The van der Waals surface area contributed by atoms with Crippen LogP contribution in [0.15, 0.2) is 164 Å². The lowest BCUT2D eigenvalue weighted by molar-refractivity contribution is 0.946. The summed E-state index contributed by atoms with van der Waals surface area (Å²) in [5.41, 5.74) is 20.6. The zero-order chi connectivity index (χ0) is 38.2. The third-order valence-electron chi connectivity index (χ3n) is 12.3. The Hall–Kier alpha value is -7.37. The van der Waals surface area contributed by atoms with Gasteiger partial charge in [0.25, 0.3) is 0 Å². The molecule has 0 radical (unpaired) electrons. The molecule has 5 heteroatoms. The molecule has 0 amide bonds. The van der Waals surface area contributed by atoms with Crippen molar-refractivity contribution in [3.05, 3.63) is 192 Å². The van der Waals surface area contributed by atoms with Crippen LogP contribution in [0, 0.1) is 0 Å². The van der Waals surface area contributed by atoms with Gasteiger partial charge in [0, 0.05) is 68.2 Å². The molecule has 274 valence electrons. The Kier molecular flexibility index (Phi) is 7.42. The van der Waals surface area contributed by atoms with Gasteiger partial charge >= 0.3 is 0 Å². The zero-order valence-electron chi connectivity index (χ0n) is 31.8. The van der Waals surface area contributed by atoms with Crippen LogP contribution in [0.5, 0.6) is 0 Å². The highest BCUT2D eigenvalue weighted by Crippen LogP contribution is 2.44. The molecule has 0 spiro atoms. The summed E-state index contributed by atoms with van der Waals surface area (Å²) >= 11 is 0. The van der Waals surface area contributed by atoms with Gasteiger partial charge in [0.15, 0.2) is 0 Å². The Bertz CT molecular complexity index is 3230. The van der Waals surface area contributed by atoms with Gasteiger partial charge in [0.05, 0.1) is 22.4 Å². The molecule has 2 aliphatic rings. The standard InChI is InChI=1S/C53H37N5/c1-3-9-33(10-4-1)39-17-20-47(55-31-39)37-16-22-49-43(27-37)44-25-35-14-15-36-26-46-45-28-38(48-21-18-40(32-56-48)34-11-5-2-6-12-34)19-23-51(45)58(53-13-7-8-24-54-53)52(46)30-42(36)41(35)29-50(44)57-49/h1-13,17-21,23-32,57H,14-16,22H2. The molecule has 0 saturated heterocycles. The third-order valence-corrected chi connectivity index (χ3v) is 12.3. The summed E-state index contributed by atoms with van der Waals surface area (Å²) in [6.07, 6.45) is 12.2. The summed E-state index contributed by atoms with van der Waals surface area (Å²) in [4.78, 5) is 18.6. The van der Waals surface area contributed by atoms with Crippen LogP contribution in [0.2, 0.25) is 0 Å². The van der Waals surface area contributed by atoms with Crippen molar-refractivity contribution in [2.75, 3.05) is 0 Å². The summed E-state index contributed by atoms with van der Waals surface area (Å²) in [7, 11) is 0. The number of rotatable bonds is 5. The van der Waals surface area contributed by atoms with E-state index in [9.17, 15) is 0 Å². The van der Waals surface area contributed by atoms with E-state index in [0.29, 0.717) is 0 Å². The first-order valence-electron chi connectivity index (χ1n) is 20.2. The minimum atomic E-state index is 0.913. The molecule has 58 heavy (non-hydrogen) atoms. The van der Waals surface area contributed by atoms with Crippen LogP contribution in [0.4, 0.5) is 0 Å². The highest BCUT2D eigenvalue weighted by molar-refractivity contribution is 6.12. The fourth-order valence-corrected chi connectivity index (χ4v) is 9.37. The number of nitrogens with one attached hydrogen (secondary N) is 1.